The van der Waals surface area contributed by atoms with Crippen LogP contribution in [0.1, 0.15) is 26.3 Å². The van der Waals surface area contributed by atoms with Crippen LogP contribution in [0.4, 0.5) is 4.79 Å². The van der Waals surface area contributed by atoms with Crippen LogP contribution < -0.4 is 0 Å². The highest BCUT2D eigenvalue weighted by Crippen LogP contribution is 2.49. The van der Waals surface area contributed by atoms with Gasteiger partial charge in [-0.15, -0.1) is 0 Å². The van der Waals surface area contributed by atoms with Crippen molar-refractivity contribution in [1.29, 1.82) is 0 Å². The van der Waals surface area contributed by atoms with Gasteiger partial charge in [-0.1, -0.05) is 30.3 Å². The first kappa shape index (κ1) is 20.1. The molecule has 9 nitrogen and oxygen atoms in total. The van der Waals surface area contributed by atoms with Crippen molar-refractivity contribution >= 4 is 27.9 Å². The highest BCUT2D eigenvalue weighted by Gasteiger charge is 2.73. The van der Waals surface area contributed by atoms with Crippen LogP contribution in [0.2, 0.25) is 0 Å². The van der Waals surface area contributed by atoms with Crippen LogP contribution in [0.5, 0.6) is 0 Å². The van der Waals surface area contributed by atoms with Gasteiger partial charge in [-0.05, 0) is 26.3 Å². The molecule has 0 aliphatic carbocycles. The largest absolute Gasteiger partial charge is 0.508 e. The minimum absolute atomic E-state index is 0.0347. The first-order valence-electron chi connectivity index (χ1n) is 8.66. The van der Waals surface area contributed by atoms with Crippen LogP contribution in [0, 0.1) is 5.92 Å². The predicted octanol–water partition coefficient (Wildman–Crippen LogP) is 1.17. The van der Waals surface area contributed by atoms with Gasteiger partial charge in [0.15, 0.2) is 15.2 Å². The molecule has 3 rings (SSSR count). The first-order valence-corrected chi connectivity index (χ1v) is 10.2. The van der Waals surface area contributed by atoms with E-state index in [1.54, 1.807) is 24.3 Å². The molecule has 0 saturated carbocycles. The molecule has 0 spiro atoms. The van der Waals surface area contributed by atoms with Gasteiger partial charge in [0, 0.05) is 0 Å². The monoisotopic (exact) mass is 411 g/mol. The van der Waals surface area contributed by atoms with Gasteiger partial charge in [0.1, 0.15) is 24.7 Å². The summed E-state index contributed by atoms with van der Waals surface area (Å²) in [6, 6.07) is 7.39. The number of hydrogen-bond acceptors (Lipinski definition) is 7. The maximum absolute atomic E-state index is 12.8. The van der Waals surface area contributed by atoms with E-state index in [0.29, 0.717) is 0 Å². The topological polar surface area (TPSA) is 127 Å². The molecule has 28 heavy (non-hydrogen) atoms. The van der Waals surface area contributed by atoms with Crippen LogP contribution in [-0.2, 0) is 35.5 Å². The molecule has 0 aromatic heterocycles. The molecular weight excluding hydrogens is 390 g/mol. The van der Waals surface area contributed by atoms with Crippen molar-refractivity contribution < 1.29 is 37.4 Å². The van der Waals surface area contributed by atoms with Crippen LogP contribution in [-0.4, -0.2) is 58.7 Å². The first-order chi connectivity index (χ1) is 13.0. The Morgan fingerprint density at radius 3 is 2.43 bits per heavy atom. The number of carbonyl (C=O) groups is 3. The van der Waals surface area contributed by atoms with Crippen molar-refractivity contribution in [2.75, 3.05) is 0 Å². The van der Waals surface area contributed by atoms with E-state index in [1.807, 2.05) is 6.07 Å². The quantitative estimate of drug-likeness (QED) is 0.565. The molecule has 1 aromatic rings. The molecule has 152 valence electrons. The molecule has 1 aromatic carbocycles. The summed E-state index contributed by atoms with van der Waals surface area (Å²) in [4.78, 5) is 36.8. The van der Waals surface area contributed by atoms with Gasteiger partial charge in [-0.2, -0.15) is 0 Å². The molecular formula is C18H21NO8S. The molecule has 2 aliphatic rings. The van der Waals surface area contributed by atoms with E-state index in [4.69, 9.17) is 9.47 Å². The van der Waals surface area contributed by atoms with E-state index >= 15 is 0 Å². The third-order valence-corrected chi connectivity index (χ3v) is 8.18. The van der Waals surface area contributed by atoms with E-state index in [-0.39, 0.29) is 6.61 Å². The van der Waals surface area contributed by atoms with Crippen molar-refractivity contribution in [3.63, 3.8) is 0 Å². The van der Waals surface area contributed by atoms with E-state index in [9.17, 15) is 27.9 Å². The normalized spacial score (nSPS) is 28.0. The number of hydrogen-bond donors (Lipinski definition) is 1. The summed E-state index contributed by atoms with van der Waals surface area (Å²) in [6.45, 7) is 3.92. The number of amides is 1. The average molecular weight is 411 g/mol. The molecule has 0 bridgehead atoms. The van der Waals surface area contributed by atoms with E-state index in [0.717, 1.165) is 10.5 Å². The van der Waals surface area contributed by atoms with Crippen molar-refractivity contribution in [2.24, 2.45) is 5.92 Å². The van der Waals surface area contributed by atoms with Gasteiger partial charge in [-0.25, -0.2) is 18.0 Å². The summed E-state index contributed by atoms with van der Waals surface area (Å²) in [5, 5.41) is 8.07. The zero-order valence-electron chi connectivity index (χ0n) is 15.6. The van der Waals surface area contributed by atoms with E-state index in [1.165, 1.54) is 20.8 Å². The summed E-state index contributed by atoms with van der Waals surface area (Å²) >= 11 is 0. The van der Waals surface area contributed by atoms with Gasteiger partial charge in [0.05, 0.1) is 4.75 Å². The number of carbonyl (C=O) groups excluding carboxylic acids is 2. The number of aliphatic carboxylic acids is 1. The van der Waals surface area contributed by atoms with Crippen LogP contribution in [0.25, 0.3) is 0 Å². The van der Waals surface area contributed by atoms with Crippen LogP contribution in [0.15, 0.2) is 30.3 Å². The van der Waals surface area contributed by atoms with Gasteiger partial charge < -0.3 is 19.5 Å². The van der Waals surface area contributed by atoms with Crippen LogP contribution in [0.3, 0.4) is 0 Å². The number of β-lactam (4-membered cyclic amide) rings is 1. The molecule has 1 N–H and O–H groups in total. The van der Waals surface area contributed by atoms with Crippen molar-refractivity contribution in [3.8, 4) is 0 Å². The standard InChI is InChI=1S/C18H21NO8S/c1-10(27-17(23)26-9-11-7-5-4-6-8-11)12-14(20)19-13(16(21)22)18(2,3)28(24,25)15(12)19/h4-8,10,12-13,15H,9H2,1-3H3,(H,21,22)/t10-,12+,13-,15+/m0/s1. The minimum atomic E-state index is -3.99. The summed E-state index contributed by atoms with van der Waals surface area (Å²) in [6.07, 6.45) is -2.12. The molecule has 0 unspecified atom stereocenters. The molecule has 2 saturated heterocycles. The fourth-order valence-corrected chi connectivity index (χ4v) is 6.15. The number of carboxylic acids is 1. The molecule has 10 heteroatoms. The van der Waals surface area contributed by atoms with Gasteiger partial charge in [0.25, 0.3) is 0 Å². The zero-order valence-corrected chi connectivity index (χ0v) is 16.4. The Morgan fingerprint density at radius 1 is 1.25 bits per heavy atom. The second-order valence-corrected chi connectivity index (χ2v) is 10.0. The lowest BCUT2D eigenvalue weighted by molar-refractivity contribution is -0.169. The molecule has 2 fully saturated rings. The Kier molecular flexibility index (Phi) is 4.86. The highest BCUT2D eigenvalue weighted by atomic mass is 32.2. The summed E-state index contributed by atoms with van der Waals surface area (Å²) in [5.74, 6) is -3.23. The smallest absolute Gasteiger partial charge is 0.480 e. The van der Waals surface area contributed by atoms with Crippen molar-refractivity contribution in [2.45, 2.75) is 49.6 Å². The highest BCUT2D eigenvalue weighted by molar-refractivity contribution is 7.93. The number of benzene rings is 1. The summed E-state index contributed by atoms with van der Waals surface area (Å²) in [5.41, 5.74) is 0.738. The Bertz CT molecular complexity index is 911. The minimum Gasteiger partial charge on any atom is -0.480 e. The van der Waals surface area contributed by atoms with Gasteiger partial charge >= 0.3 is 12.1 Å². The number of sulfone groups is 1. The number of ether oxygens (including phenoxy) is 2. The predicted molar refractivity (Wildman–Crippen MR) is 95.7 cm³/mol. The number of carboxylic acid groups (broad SMARTS) is 1. The third kappa shape index (κ3) is 2.92. The SMILES string of the molecule is C[C@H](OC(=O)OCc1ccccc1)[C@@H]1C(=O)N2[C@@H](C(=O)O)C(C)(C)S(=O)(=O)[C@H]12. The van der Waals surface area contributed by atoms with Crippen molar-refractivity contribution in [1.82, 2.24) is 4.90 Å². The second-order valence-electron chi connectivity index (χ2n) is 7.40. The average Bonchev–Trinajstić information content (AvgIpc) is 2.75. The Hall–Kier alpha value is -2.62. The maximum atomic E-state index is 12.8. The zero-order chi connectivity index (χ0) is 20.9. The summed E-state index contributed by atoms with van der Waals surface area (Å²) < 4.78 is 34.1. The number of fused-ring (bicyclic) bond motifs is 1. The Balaban J connectivity index is 1.70. The lowest BCUT2D eigenvalue weighted by Gasteiger charge is -2.44. The lowest BCUT2D eigenvalue weighted by atomic mass is 9.88. The summed E-state index contributed by atoms with van der Waals surface area (Å²) in [7, 11) is -3.99. The van der Waals surface area contributed by atoms with E-state index < -0.39 is 56.1 Å². The van der Waals surface area contributed by atoms with E-state index in [2.05, 4.69) is 0 Å². The van der Waals surface area contributed by atoms with Gasteiger partial charge in [-0.3, -0.25) is 4.79 Å². The second kappa shape index (κ2) is 6.77. The van der Waals surface area contributed by atoms with Gasteiger partial charge in [0.2, 0.25) is 5.91 Å². The fraction of sp³-hybridized carbons (Fsp3) is 0.500. The fourth-order valence-electron chi connectivity index (χ4n) is 3.75. The third-order valence-electron chi connectivity index (χ3n) is 5.33. The van der Waals surface area contributed by atoms with Crippen LogP contribution >= 0.6 is 0 Å². The Labute approximate surface area is 162 Å². The molecule has 0 radical (unpaired) electrons. The molecule has 2 aliphatic heterocycles. The van der Waals surface area contributed by atoms with Crippen molar-refractivity contribution in [3.05, 3.63) is 35.9 Å². The Morgan fingerprint density at radius 2 is 1.86 bits per heavy atom. The number of nitrogens with zero attached hydrogens (tertiary/aromatic N) is 1. The molecule has 4 atom stereocenters. The number of rotatable bonds is 5. The molecule has 1 amide bonds. The maximum Gasteiger partial charge on any atom is 0.508 e. The molecule has 2 heterocycles. The lowest BCUT2D eigenvalue weighted by Crippen LogP contribution is -2.66.